The van der Waals surface area contributed by atoms with Crippen molar-refractivity contribution in [2.75, 3.05) is 5.32 Å². The first kappa shape index (κ1) is 14.7. The van der Waals surface area contributed by atoms with Gasteiger partial charge in [0.15, 0.2) is 5.13 Å². The van der Waals surface area contributed by atoms with E-state index < -0.39 is 0 Å². The van der Waals surface area contributed by atoms with Crippen LogP contribution in [-0.2, 0) is 0 Å². The second kappa shape index (κ2) is 5.96. The summed E-state index contributed by atoms with van der Waals surface area (Å²) < 4.78 is 13.5. The minimum Gasteiger partial charge on any atom is -0.360 e. The second-order valence-corrected chi connectivity index (χ2v) is 7.40. The fraction of sp³-hybridized carbons (Fsp3) is 0.389. The lowest BCUT2D eigenvalue weighted by molar-refractivity contribution is 0.358. The van der Waals surface area contributed by atoms with Crippen LogP contribution >= 0.6 is 11.3 Å². The summed E-state index contributed by atoms with van der Waals surface area (Å²) in [7, 11) is 0. The van der Waals surface area contributed by atoms with E-state index in [9.17, 15) is 4.39 Å². The van der Waals surface area contributed by atoms with Gasteiger partial charge in [0.05, 0.1) is 5.69 Å². The van der Waals surface area contributed by atoms with E-state index >= 15 is 0 Å². The van der Waals surface area contributed by atoms with Crippen molar-refractivity contribution in [3.63, 3.8) is 0 Å². The summed E-state index contributed by atoms with van der Waals surface area (Å²) in [6, 6.07) is 5.33. The third-order valence-corrected chi connectivity index (χ3v) is 5.46. The van der Waals surface area contributed by atoms with Crippen LogP contribution in [0.3, 0.4) is 0 Å². The van der Waals surface area contributed by atoms with Gasteiger partial charge >= 0.3 is 0 Å². The molecule has 2 heterocycles. The molecule has 2 atom stereocenters. The Bertz CT molecular complexity index is 823. The standard InChI is InChI=1S/C18H20FN3S/c1-11-3-2-4-13(7-11)21-18-22-17(10-23-18)15-9-20-16-6-5-12(19)8-14(15)16/h5-6,8-11,13,20H,2-4,7H2,1H3,(H,21,22)/t11-,13-/m1/s1. The molecule has 0 unspecified atom stereocenters. The molecule has 1 fully saturated rings. The largest absolute Gasteiger partial charge is 0.360 e. The zero-order valence-corrected chi connectivity index (χ0v) is 13.9. The van der Waals surface area contributed by atoms with Gasteiger partial charge in [0.25, 0.3) is 0 Å². The summed E-state index contributed by atoms with van der Waals surface area (Å²) >= 11 is 1.63. The van der Waals surface area contributed by atoms with Gasteiger partial charge in [-0.1, -0.05) is 19.8 Å². The smallest absolute Gasteiger partial charge is 0.183 e. The number of benzene rings is 1. The van der Waals surface area contributed by atoms with Gasteiger partial charge < -0.3 is 10.3 Å². The Labute approximate surface area is 139 Å². The number of halogens is 1. The van der Waals surface area contributed by atoms with Crippen LogP contribution in [0.1, 0.15) is 32.6 Å². The van der Waals surface area contributed by atoms with E-state index in [2.05, 4.69) is 17.2 Å². The maximum atomic E-state index is 13.5. The molecule has 120 valence electrons. The lowest BCUT2D eigenvalue weighted by Gasteiger charge is -2.27. The highest BCUT2D eigenvalue weighted by Gasteiger charge is 2.20. The minimum absolute atomic E-state index is 0.219. The van der Waals surface area contributed by atoms with Crippen molar-refractivity contribution < 1.29 is 4.39 Å². The molecule has 1 aliphatic carbocycles. The third kappa shape index (κ3) is 2.98. The van der Waals surface area contributed by atoms with Gasteiger partial charge in [0, 0.05) is 34.1 Å². The Morgan fingerprint density at radius 3 is 3.13 bits per heavy atom. The van der Waals surface area contributed by atoms with Gasteiger partial charge in [-0.2, -0.15) is 0 Å². The summed E-state index contributed by atoms with van der Waals surface area (Å²) in [4.78, 5) is 7.90. The van der Waals surface area contributed by atoms with E-state index in [1.54, 1.807) is 23.5 Å². The molecule has 1 aliphatic rings. The van der Waals surface area contributed by atoms with Crippen LogP contribution in [0.5, 0.6) is 0 Å². The molecule has 23 heavy (non-hydrogen) atoms. The SMILES string of the molecule is C[C@@H]1CCC[C@@H](Nc2nc(-c3c[nH]c4ccc(F)cc34)cs2)C1. The van der Waals surface area contributed by atoms with E-state index in [-0.39, 0.29) is 5.82 Å². The Morgan fingerprint density at radius 1 is 1.35 bits per heavy atom. The van der Waals surface area contributed by atoms with Crippen LogP contribution in [0.4, 0.5) is 9.52 Å². The Morgan fingerprint density at radius 2 is 2.26 bits per heavy atom. The predicted molar refractivity (Wildman–Crippen MR) is 94.4 cm³/mol. The zero-order valence-electron chi connectivity index (χ0n) is 13.1. The Balaban J connectivity index is 1.58. The van der Waals surface area contributed by atoms with Gasteiger partial charge in [-0.05, 0) is 37.0 Å². The lowest BCUT2D eigenvalue weighted by atomic mass is 9.87. The molecule has 2 aromatic heterocycles. The number of hydrogen-bond donors (Lipinski definition) is 2. The molecule has 0 amide bonds. The molecule has 0 bridgehead atoms. The molecule has 3 nitrogen and oxygen atoms in total. The normalized spacial score (nSPS) is 21.7. The van der Waals surface area contributed by atoms with Gasteiger partial charge in [0.2, 0.25) is 0 Å². The van der Waals surface area contributed by atoms with Crippen LogP contribution in [0.25, 0.3) is 22.2 Å². The van der Waals surface area contributed by atoms with Crippen LogP contribution < -0.4 is 5.32 Å². The summed E-state index contributed by atoms with van der Waals surface area (Å²) in [6.45, 7) is 2.32. The van der Waals surface area contributed by atoms with E-state index in [0.717, 1.165) is 33.2 Å². The molecule has 1 aromatic carbocycles. The monoisotopic (exact) mass is 329 g/mol. The summed E-state index contributed by atoms with van der Waals surface area (Å²) in [6.07, 6.45) is 6.97. The van der Waals surface area contributed by atoms with Gasteiger partial charge in [0.1, 0.15) is 5.82 Å². The van der Waals surface area contributed by atoms with Gasteiger partial charge in [-0.25, -0.2) is 9.37 Å². The fourth-order valence-corrected chi connectivity index (χ4v) is 4.30. The first-order chi connectivity index (χ1) is 11.2. The predicted octanol–water partition coefficient (Wildman–Crippen LogP) is 5.42. The summed E-state index contributed by atoms with van der Waals surface area (Å²) in [5.41, 5.74) is 2.80. The second-order valence-electron chi connectivity index (χ2n) is 6.54. The van der Waals surface area contributed by atoms with Crippen molar-refractivity contribution in [2.24, 2.45) is 5.92 Å². The number of nitrogens with one attached hydrogen (secondary N) is 2. The highest BCUT2D eigenvalue weighted by molar-refractivity contribution is 7.14. The number of rotatable bonds is 3. The number of H-pyrrole nitrogens is 1. The lowest BCUT2D eigenvalue weighted by Crippen LogP contribution is -2.26. The van der Waals surface area contributed by atoms with E-state index in [1.807, 2.05) is 11.6 Å². The Hall–Kier alpha value is -1.88. The Kier molecular flexibility index (Phi) is 3.81. The molecule has 0 saturated heterocycles. The van der Waals surface area contributed by atoms with Crippen LogP contribution in [0.15, 0.2) is 29.8 Å². The average molecular weight is 329 g/mol. The molecular formula is C18H20FN3S. The summed E-state index contributed by atoms with van der Waals surface area (Å²) in [5, 5.41) is 7.47. The third-order valence-electron chi connectivity index (χ3n) is 4.69. The van der Waals surface area contributed by atoms with Gasteiger partial charge in [-0.3, -0.25) is 0 Å². The first-order valence-corrected chi connectivity index (χ1v) is 9.06. The van der Waals surface area contributed by atoms with E-state index in [1.165, 1.54) is 31.7 Å². The van der Waals surface area contributed by atoms with Crippen LogP contribution in [0.2, 0.25) is 0 Å². The van der Waals surface area contributed by atoms with Crippen molar-refractivity contribution in [3.8, 4) is 11.3 Å². The number of hydrogen-bond acceptors (Lipinski definition) is 3. The highest BCUT2D eigenvalue weighted by atomic mass is 32.1. The molecule has 3 aromatic rings. The van der Waals surface area contributed by atoms with Crippen LogP contribution in [-0.4, -0.2) is 16.0 Å². The molecule has 4 rings (SSSR count). The highest BCUT2D eigenvalue weighted by Crippen LogP contribution is 2.33. The average Bonchev–Trinajstić information content (AvgIpc) is 3.13. The van der Waals surface area contributed by atoms with Crippen molar-refractivity contribution in [2.45, 2.75) is 38.6 Å². The molecular weight excluding hydrogens is 309 g/mol. The quantitative estimate of drug-likeness (QED) is 0.673. The number of anilines is 1. The topological polar surface area (TPSA) is 40.7 Å². The van der Waals surface area contributed by atoms with Crippen molar-refractivity contribution in [1.82, 2.24) is 9.97 Å². The van der Waals surface area contributed by atoms with Crippen molar-refractivity contribution in [1.29, 1.82) is 0 Å². The first-order valence-electron chi connectivity index (χ1n) is 8.18. The van der Waals surface area contributed by atoms with E-state index in [0.29, 0.717) is 6.04 Å². The van der Waals surface area contributed by atoms with E-state index in [4.69, 9.17) is 4.98 Å². The number of thiazole rings is 1. The molecule has 0 spiro atoms. The minimum atomic E-state index is -0.219. The maximum Gasteiger partial charge on any atom is 0.183 e. The maximum absolute atomic E-state index is 13.5. The van der Waals surface area contributed by atoms with Crippen molar-refractivity contribution in [3.05, 3.63) is 35.6 Å². The molecule has 0 aliphatic heterocycles. The molecule has 0 radical (unpaired) electrons. The molecule has 5 heteroatoms. The fourth-order valence-electron chi connectivity index (χ4n) is 3.51. The number of nitrogens with zero attached hydrogens (tertiary/aromatic N) is 1. The van der Waals surface area contributed by atoms with Crippen molar-refractivity contribution >= 4 is 27.4 Å². The molecule has 1 saturated carbocycles. The molecule has 2 N–H and O–H groups in total. The zero-order chi connectivity index (χ0) is 15.8. The number of aromatic amines is 1. The summed E-state index contributed by atoms with van der Waals surface area (Å²) in [5.74, 6) is 0.570. The number of fused-ring (bicyclic) bond motifs is 1. The van der Waals surface area contributed by atoms with Crippen LogP contribution in [0, 0.1) is 11.7 Å². The number of aromatic nitrogens is 2. The van der Waals surface area contributed by atoms with Gasteiger partial charge in [-0.15, -0.1) is 11.3 Å².